The Morgan fingerprint density at radius 2 is 1.78 bits per heavy atom. The highest BCUT2D eigenvalue weighted by Crippen LogP contribution is 2.22. The number of nitrogens with one attached hydrogen (secondary N) is 1. The Hall–Kier alpha value is -2.46. The van der Waals surface area contributed by atoms with Gasteiger partial charge in [-0.2, -0.15) is 11.8 Å². The molecule has 0 spiro atoms. The molecule has 140 valence electrons. The Balaban J connectivity index is 1.32. The van der Waals surface area contributed by atoms with Gasteiger partial charge in [-0.15, -0.1) is 0 Å². The van der Waals surface area contributed by atoms with Gasteiger partial charge in [0.05, 0.1) is 0 Å². The molecular formula is C23H25NO2S. The maximum atomic E-state index is 12.0. The van der Waals surface area contributed by atoms with Crippen molar-refractivity contribution in [2.75, 3.05) is 12.3 Å². The van der Waals surface area contributed by atoms with E-state index in [0.29, 0.717) is 19.4 Å². The molecular weight excluding hydrogens is 354 g/mol. The first-order chi connectivity index (χ1) is 13.2. The van der Waals surface area contributed by atoms with Gasteiger partial charge in [0.15, 0.2) is 0 Å². The predicted octanol–water partition coefficient (Wildman–Crippen LogP) is 5.24. The molecule has 0 saturated carbocycles. The monoisotopic (exact) mass is 379 g/mol. The first-order valence-electron chi connectivity index (χ1n) is 9.25. The average Bonchev–Trinajstić information content (AvgIpc) is 3.17. The molecule has 2 aromatic carbocycles. The number of hydrogen-bond donors (Lipinski definition) is 1. The van der Waals surface area contributed by atoms with Gasteiger partial charge in [0, 0.05) is 36.5 Å². The van der Waals surface area contributed by atoms with E-state index in [-0.39, 0.29) is 5.91 Å². The Kier molecular flexibility index (Phi) is 7.17. The van der Waals surface area contributed by atoms with Crippen molar-refractivity contribution in [3.63, 3.8) is 0 Å². The summed E-state index contributed by atoms with van der Waals surface area (Å²) in [6.45, 7) is 2.79. The zero-order chi connectivity index (χ0) is 18.9. The van der Waals surface area contributed by atoms with Gasteiger partial charge in [-0.25, -0.2) is 0 Å². The van der Waals surface area contributed by atoms with Crippen molar-refractivity contribution in [3.05, 3.63) is 83.6 Å². The van der Waals surface area contributed by atoms with Crippen LogP contribution < -0.4 is 5.32 Å². The van der Waals surface area contributed by atoms with E-state index in [2.05, 4.69) is 36.5 Å². The molecule has 1 N–H and O–H groups in total. The van der Waals surface area contributed by atoms with Gasteiger partial charge in [0.1, 0.15) is 11.5 Å². The standard InChI is InChI=1S/C23H25NO2S/c1-18-7-9-19(10-8-18)17-27-16-15-24-23(25)14-12-21-11-13-22(26-21)20-5-3-2-4-6-20/h2-11,13H,12,14-17H2,1H3,(H,24,25). The molecule has 0 unspecified atom stereocenters. The van der Waals surface area contributed by atoms with Crippen LogP contribution in [0.1, 0.15) is 23.3 Å². The number of rotatable bonds is 9. The lowest BCUT2D eigenvalue weighted by Crippen LogP contribution is -2.25. The molecule has 3 nitrogen and oxygen atoms in total. The fraction of sp³-hybridized carbons (Fsp3) is 0.261. The lowest BCUT2D eigenvalue weighted by molar-refractivity contribution is -0.121. The van der Waals surface area contributed by atoms with Gasteiger partial charge in [-0.05, 0) is 24.6 Å². The van der Waals surface area contributed by atoms with Crippen LogP contribution in [0.15, 0.2) is 71.1 Å². The second-order valence-corrected chi connectivity index (χ2v) is 7.63. The summed E-state index contributed by atoms with van der Waals surface area (Å²) in [5, 5.41) is 2.99. The number of aryl methyl sites for hydroxylation is 2. The van der Waals surface area contributed by atoms with Crippen molar-refractivity contribution in [1.29, 1.82) is 0 Å². The van der Waals surface area contributed by atoms with Crippen molar-refractivity contribution < 1.29 is 9.21 Å². The number of benzene rings is 2. The number of hydrogen-bond acceptors (Lipinski definition) is 3. The van der Waals surface area contributed by atoms with Crippen LogP contribution in [0.4, 0.5) is 0 Å². The number of carbonyl (C=O) groups excluding carboxylic acids is 1. The molecule has 1 amide bonds. The maximum Gasteiger partial charge on any atom is 0.220 e. The summed E-state index contributed by atoms with van der Waals surface area (Å²) >= 11 is 1.84. The zero-order valence-electron chi connectivity index (χ0n) is 15.6. The average molecular weight is 380 g/mol. The van der Waals surface area contributed by atoms with E-state index in [1.807, 2.05) is 54.2 Å². The predicted molar refractivity (Wildman–Crippen MR) is 113 cm³/mol. The Labute approximate surface area is 165 Å². The Morgan fingerprint density at radius 3 is 2.56 bits per heavy atom. The van der Waals surface area contributed by atoms with E-state index >= 15 is 0 Å². The highest BCUT2D eigenvalue weighted by molar-refractivity contribution is 7.98. The smallest absolute Gasteiger partial charge is 0.220 e. The lowest BCUT2D eigenvalue weighted by atomic mass is 10.2. The van der Waals surface area contributed by atoms with Crippen molar-refractivity contribution in [1.82, 2.24) is 5.32 Å². The molecule has 0 bridgehead atoms. The van der Waals surface area contributed by atoms with Crippen LogP contribution in [0.5, 0.6) is 0 Å². The molecule has 27 heavy (non-hydrogen) atoms. The van der Waals surface area contributed by atoms with Crippen LogP contribution in [-0.2, 0) is 17.0 Å². The van der Waals surface area contributed by atoms with Crippen LogP contribution in [0, 0.1) is 6.92 Å². The summed E-state index contributed by atoms with van der Waals surface area (Å²) in [5.41, 5.74) is 3.66. The lowest BCUT2D eigenvalue weighted by Gasteiger charge is -2.05. The number of furan rings is 1. The quantitative estimate of drug-likeness (QED) is 0.517. The fourth-order valence-electron chi connectivity index (χ4n) is 2.73. The fourth-order valence-corrected chi connectivity index (χ4v) is 3.55. The number of thioether (sulfide) groups is 1. The summed E-state index contributed by atoms with van der Waals surface area (Å²) in [6, 6.07) is 22.5. The molecule has 4 heteroatoms. The topological polar surface area (TPSA) is 42.2 Å². The molecule has 3 rings (SSSR count). The van der Waals surface area contributed by atoms with E-state index in [1.54, 1.807) is 0 Å². The molecule has 1 aromatic heterocycles. The van der Waals surface area contributed by atoms with Crippen LogP contribution in [0.2, 0.25) is 0 Å². The number of carbonyl (C=O) groups is 1. The van der Waals surface area contributed by atoms with E-state index in [9.17, 15) is 4.79 Å². The second kappa shape index (κ2) is 10.0. The van der Waals surface area contributed by atoms with E-state index < -0.39 is 0 Å². The first-order valence-corrected chi connectivity index (χ1v) is 10.4. The van der Waals surface area contributed by atoms with Crippen molar-refractivity contribution >= 4 is 17.7 Å². The van der Waals surface area contributed by atoms with Crippen LogP contribution in [-0.4, -0.2) is 18.2 Å². The third-order valence-electron chi connectivity index (χ3n) is 4.28. The molecule has 0 fully saturated rings. The molecule has 3 aromatic rings. The van der Waals surface area contributed by atoms with Gasteiger partial charge >= 0.3 is 0 Å². The summed E-state index contributed by atoms with van der Waals surface area (Å²) in [7, 11) is 0. The molecule has 0 atom stereocenters. The Morgan fingerprint density at radius 1 is 1.00 bits per heavy atom. The Bertz CT molecular complexity index is 840. The molecule has 0 aliphatic heterocycles. The molecule has 0 radical (unpaired) electrons. The zero-order valence-corrected chi connectivity index (χ0v) is 16.4. The van der Waals surface area contributed by atoms with Gasteiger partial charge in [-0.3, -0.25) is 4.79 Å². The van der Waals surface area contributed by atoms with Gasteiger partial charge in [0.2, 0.25) is 5.91 Å². The first kappa shape index (κ1) is 19.3. The maximum absolute atomic E-state index is 12.0. The van der Waals surface area contributed by atoms with E-state index in [0.717, 1.165) is 28.6 Å². The largest absolute Gasteiger partial charge is 0.461 e. The van der Waals surface area contributed by atoms with Crippen molar-refractivity contribution in [2.45, 2.75) is 25.5 Å². The minimum absolute atomic E-state index is 0.0728. The molecule has 0 aliphatic rings. The van der Waals surface area contributed by atoms with Gasteiger partial charge in [-0.1, -0.05) is 60.2 Å². The highest BCUT2D eigenvalue weighted by atomic mass is 32.2. The summed E-state index contributed by atoms with van der Waals surface area (Å²) in [4.78, 5) is 12.0. The van der Waals surface area contributed by atoms with E-state index in [1.165, 1.54) is 11.1 Å². The van der Waals surface area contributed by atoms with Crippen LogP contribution >= 0.6 is 11.8 Å². The number of amides is 1. The summed E-state index contributed by atoms with van der Waals surface area (Å²) in [5.74, 6) is 3.66. The summed E-state index contributed by atoms with van der Waals surface area (Å²) in [6.07, 6.45) is 1.07. The summed E-state index contributed by atoms with van der Waals surface area (Å²) < 4.78 is 5.84. The van der Waals surface area contributed by atoms with E-state index in [4.69, 9.17) is 4.42 Å². The normalized spacial score (nSPS) is 10.7. The third-order valence-corrected chi connectivity index (χ3v) is 5.31. The molecule has 0 aliphatic carbocycles. The molecule has 1 heterocycles. The highest BCUT2D eigenvalue weighted by Gasteiger charge is 2.07. The third kappa shape index (κ3) is 6.33. The van der Waals surface area contributed by atoms with Crippen LogP contribution in [0.3, 0.4) is 0 Å². The minimum atomic E-state index is 0.0728. The van der Waals surface area contributed by atoms with Gasteiger partial charge < -0.3 is 9.73 Å². The van der Waals surface area contributed by atoms with Crippen molar-refractivity contribution in [3.8, 4) is 11.3 Å². The molecule has 0 saturated heterocycles. The minimum Gasteiger partial charge on any atom is -0.461 e. The van der Waals surface area contributed by atoms with Crippen molar-refractivity contribution in [2.24, 2.45) is 0 Å². The van der Waals surface area contributed by atoms with Crippen LogP contribution in [0.25, 0.3) is 11.3 Å². The SMILES string of the molecule is Cc1ccc(CSCCNC(=O)CCc2ccc(-c3ccccc3)o2)cc1. The second-order valence-electron chi connectivity index (χ2n) is 6.52. The van der Waals surface area contributed by atoms with Gasteiger partial charge in [0.25, 0.3) is 0 Å².